The summed E-state index contributed by atoms with van der Waals surface area (Å²) in [6, 6.07) is 0. The summed E-state index contributed by atoms with van der Waals surface area (Å²) in [6.07, 6.45) is -3.22. The molecule has 0 aromatic carbocycles. The second kappa shape index (κ2) is 4.86. The highest BCUT2D eigenvalue weighted by Gasteiger charge is 2.34. The molecule has 0 radical (unpaired) electrons. The predicted molar refractivity (Wildman–Crippen MR) is 64.3 cm³/mol. The molecule has 0 N–H and O–H groups in total. The van der Waals surface area contributed by atoms with Gasteiger partial charge in [0.25, 0.3) is 0 Å². The van der Waals surface area contributed by atoms with E-state index in [4.69, 9.17) is 0 Å². The van der Waals surface area contributed by atoms with Gasteiger partial charge in [-0.2, -0.15) is 13.2 Å². The van der Waals surface area contributed by atoms with Crippen LogP contribution in [0.2, 0.25) is 0 Å². The van der Waals surface area contributed by atoms with Gasteiger partial charge in [0, 0.05) is 6.42 Å². The Labute approximate surface area is 112 Å². The number of ketones is 1. The highest BCUT2D eigenvalue weighted by Crippen LogP contribution is 2.37. The Balaban J connectivity index is 2.05. The molecule has 7 heteroatoms. The third kappa shape index (κ3) is 3.76. The zero-order valence-electron chi connectivity index (χ0n) is 10.6. The van der Waals surface area contributed by atoms with Crippen LogP contribution < -0.4 is 0 Å². The van der Waals surface area contributed by atoms with Crippen LogP contribution in [0.15, 0.2) is 0 Å². The van der Waals surface area contributed by atoms with Crippen molar-refractivity contribution in [3.05, 3.63) is 15.6 Å². The number of hydrogen-bond acceptors (Lipinski definition) is 4. The van der Waals surface area contributed by atoms with Crippen LogP contribution >= 0.6 is 11.3 Å². The van der Waals surface area contributed by atoms with Crippen LogP contribution in [-0.4, -0.2) is 23.6 Å². The van der Waals surface area contributed by atoms with Crippen LogP contribution in [-0.2, 0) is 17.8 Å². The van der Waals surface area contributed by atoms with Gasteiger partial charge >= 0.3 is 6.18 Å². The van der Waals surface area contributed by atoms with E-state index < -0.39 is 12.8 Å². The molecule has 1 aliphatic rings. The third-order valence-electron chi connectivity index (χ3n) is 2.77. The van der Waals surface area contributed by atoms with Crippen molar-refractivity contribution < 1.29 is 22.7 Å². The number of carbonyl (C=O) groups excluding carboxylic acids is 1. The molecule has 0 fully saturated rings. The van der Waals surface area contributed by atoms with Crippen molar-refractivity contribution in [3.8, 4) is 0 Å². The highest BCUT2D eigenvalue weighted by atomic mass is 32.1. The number of carbonyl (C=O) groups is 1. The molecule has 0 amide bonds. The predicted octanol–water partition coefficient (Wildman–Crippen LogP) is 3.38. The molecule has 2 rings (SSSR count). The molecule has 1 aromatic heterocycles. The van der Waals surface area contributed by atoms with E-state index in [1.807, 2.05) is 13.8 Å². The zero-order valence-corrected chi connectivity index (χ0v) is 11.5. The van der Waals surface area contributed by atoms with Crippen LogP contribution in [0.4, 0.5) is 13.2 Å². The summed E-state index contributed by atoms with van der Waals surface area (Å²) in [4.78, 5) is 16.7. The molecule has 106 valence electrons. The summed E-state index contributed by atoms with van der Waals surface area (Å²) in [5.41, 5.74) is 0.555. The molecule has 0 aliphatic heterocycles. The molecule has 19 heavy (non-hydrogen) atoms. The van der Waals surface area contributed by atoms with Crippen LogP contribution in [0.1, 0.15) is 40.6 Å². The first-order valence-corrected chi connectivity index (χ1v) is 6.64. The Bertz CT molecular complexity index is 494. The van der Waals surface area contributed by atoms with Crippen molar-refractivity contribution >= 4 is 17.1 Å². The monoisotopic (exact) mass is 293 g/mol. The number of Topliss-reactive ketones (excluding diaryl/α,β-unsaturated/α-hetero) is 1. The van der Waals surface area contributed by atoms with Gasteiger partial charge in [-0.05, 0) is 11.8 Å². The topological polar surface area (TPSA) is 39.2 Å². The van der Waals surface area contributed by atoms with Gasteiger partial charge in [0.05, 0.1) is 17.2 Å². The largest absolute Gasteiger partial charge is 0.411 e. The van der Waals surface area contributed by atoms with Gasteiger partial charge in [-0.1, -0.05) is 13.8 Å². The Hall–Kier alpha value is -0.950. The Morgan fingerprint density at radius 3 is 2.68 bits per heavy atom. The van der Waals surface area contributed by atoms with Crippen molar-refractivity contribution in [3.63, 3.8) is 0 Å². The average molecular weight is 293 g/mol. The number of ether oxygens (including phenoxy) is 1. The first kappa shape index (κ1) is 14.5. The van der Waals surface area contributed by atoms with Crippen molar-refractivity contribution in [1.82, 2.24) is 4.98 Å². The Morgan fingerprint density at radius 2 is 2.05 bits per heavy atom. The summed E-state index contributed by atoms with van der Waals surface area (Å²) in [5.74, 6) is 0.0193. The van der Waals surface area contributed by atoms with E-state index in [-0.39, 0.29) is 17.8 Å². The van der Waals surface area contributed by atoms with E-state index >= 15 is 0 Å². The molecule has 1 aliphatic carbocycles. The summed E-state index contributed by atoms with van der Waals surface area (Å²) in [6.45, 7) is 2.46. The zero-order chi connectivity index (χ0) is 14.3. The number of rotatable bonds is 3. The fourth-order valence-electron chi connectivity index (χ4n) is 2.09. The third-order valence-corrected chi connectivity index (χ3v) is 3.88. The lowest BCUT2D eigenvalue weighted by molar-refractivity contribution is -0.176. The molecule has 1 heterocycles. The van der Waals surface area contributed by atoms with Crippen molar-refractivity contribution in [1.29, 1.82) is 0 Å². The van der Waals surface area contributed by atoms with Gasteiger partial charge in [-0.15, -0.1) is 11.3 Å². The van der Waals surface area contributed by atoms with Crippen LogP contribution in [0.5, 0.6) is 0 Å². The number of hydrogen-bond donors (Lipinski definition) is 0. The number of halogens is 3. The van der Waals surface area contributed by atoms with Gasteiger partial charge in [0.2, 0.25) is 0 Å². The van der Waals surface area contributed by atoms with Gasteiger partial charge in [-0.25, -0.2) is 4.98 Å². The molecule has 0 spiro atoms. The summed E-state index contributed by atoms with van der Waals surface area (Å²) >= 11 is 1.14. The van der Waals surface area contributed by atoms with E-state index in [0.717, 1.165) is 11.3 Å². The maximum atomic E-state index is 12.0. The lowest BCUT2D eigenvalue weighted by Crippen LogP contribution is -2.26. The molecule has 1 aromatic rings. The molecule has 0 saturated carbocycles. The highest BCUT2D eigenvalue weighted by molar-refractivity contribution is 7.13. The molecule has 0 unspecified atom stereocenters. The van der Waals surface area contributed by atoms with Gasteiger partial charge in [0.15, 0.2) is 5.78 Å². The molecule has 0 bridgehead atoms. The van der Waals surface area contributed by atoms with E-state index in [0.29, 0.717) is 28.4 Å². The van der Waals surface area contributed by atoms with Crippen molar-refractivity contribution in [2.24, 2.45) is 5.41 Å². The molecular weight excluding hydrogens is 279 g/mol. The quantitative estimate of drug-likeness (QED) is 0.857. The second-order valence-corrected chi connectivity index (χ2v) is 6.52. The van der Waals surface area contributed by atoms with E-state index in [2.05, 4.69) is 9.72 Å². The normalized spacial score (nSPS) is 18.5. The average Bonchev–Trinajstić information content (AvgIpc) is 2.56. The first-order chi connectivity index (χ1) is 8.66. The molecule has 0 saturated heterocycles. The lowest BCUT2D eigenvalue weighted by Gasteiger charge is -2.26. The van der Waals surface area contributed by atoms with E-state index in [9.17, 15) is 18.0 Å². The van der Waals surface area contributed by atoms with Gasteiger partial charge in [0.1, 0.15) is 11.6 Å². The van der Waals surface area contributed by atoms with Crippen molar-refractivity contribution in [2.45, 2.75) is 39.5 Å². The van der Waals surface area contributed by atoms with Crippen molar-refractivity contribution in [2.75, 3.05) is 6.61 Å². The maximum Gasteiger partial charge on any atom is 0.411 e. The number of nitrogens with zero attached hydrogens (tertiary/aromatic N) is 1. The second-order valence-electron chi connectivity index (χ2n) is 5.43. The summed E-state index contributed by atoms with van der Waals surface area (Å²) < 4.78 is 40.4. The Morgan fingerprint density at radius 1 is 1.37 bits per heavy atom. The summed E-state index contributed by atoms with van der Waals surface area (Å²) in [5, 5.41) is 0.431. The number of thiazole rings is 1. The van der Waals surface area contributed by atoms with Crippen LogP contribution in [0.3, 0.4) is 0 Å². The Kier molecular flexibility index (Phi) is 3.70. The fourth-order valence-corrected chi connectivity index (χ4v) is 3.04. The van der Waals surface area contributed by atoms with Crippen LogP contribution in [0.25, 0.3) is 0 Å². The summed E-state index contributed by atoms with van der Waals surface area (Å²) in [7, 11) is 0. The van der Waals surface area contributed by atoms with Gasteiger partial charge in [-0.3, -0.25) is 4.79 Å². The van der Waals surface area contributed by atoms with E-state index in [1.165, 1.54) is 0 Å². The SMILES string of the molecule is CC1(C)CC(=O)c2sc(COCC(F)(F)F)nc2C1. The standard InChI is InChI=1S/C12H14F3NO2S/c1-11(2)3-7-10(8(17)4-11)19-9(16-7)5-18-6-12(13,14)15/h3-6H2,1-2H3. The lowest BCUT2D eigenvalue weighted by atomic mass is 9.78. The number of alkyl halides is 3. The molecular formula is C12H14F3NO2S. The minimum atomic E-state index is -4.34. The minimum absolute atomic E-state index is 0.0193. The minimum Gasteiger partial charge on any atom is -0.365 e. The number of fused-ring (bicyclic) bond motifs is 1. The molecule has 0 atom stereocenters. The van der Waals surface area contributed by atoms with E-state index in [1.54, 1.807) is 0 Å². The fraction of sp³-hybridized carbons (Fsp3) is 0.667. The van der Waals surface area contributed by atoms with Gasteiger partial charge < -0.3 is 4.74 Å². The molecule has 3 nitrogen and oxygen atoms in total. The maximum absolute atomic E-state index is 12.0. The first-order valence-electron chi connectivity index (χ1n) is 5.83. The van der Waals surface area contributed by atoms with Crippen LogP contribution in [0, 0.1) is 5.41 Å². The smallest absolute Gasteiger partial charge is 0.365 e. The number of aromatic nitrogens is 1.